The molecule has 0 radical (unpaired) electrons. The maximum Gasteiger partial charge on any atom is 0.422 e. The molecule has 16 heteroatoms. The highest BCUT2D eigenvalue weighted by atomic mass is 32.2. The standard InChI is InChI=1S/C30H37F3N2O10S/c1-18(2)13-35(46(38,39)21-7-8-25-26(12-21)44-17-43-25)14-24(36)23(11-19-3-5-20(6-4-19)42-16-30(31,32)33)34-29(37)45-27-15-41-28-22(27)9-10-40-28/h3-8,12,18,22-24,27-28,36H,9-11,13-17H2,1-2H3,(H,34,37). The van der Waals surface area contributed by atoms with Crippen molar-refractivity contribution in [2.45, 2.75) is 62.3 Å². The summed E-state index contributed by atoms with van der Waals surface area (Å²) in [7, 11) is -4.15. The molecule has 3 heterocycles. The number of amides is 1. The molecule has 1 amide bonds. The Hall–Kier alpha value is -3.31. The molecule has 2 aromatic carbocycles. The third-order valence-corrected chi connectivity index (χ3v) is 9.56. The van der Waals surface area contributed by atoms with Gasteiger partial charge in [-0.15, -0.1) is 0 Å². The molecule has 5 unspecified atom stereocenters. The van der Waals surface area contributed by atoms with Crippen molar-refractivity contribution in [3.63, 3.8) is 0 Å². The second kappa shape index (κ2) is 14.2. The predicted molar refractivity (Wildman–Crippen MR) is 155 cm³/mol. The fraction of sp³-hybridized carbons (Fsp3) is 0.567. The highest BCUT2D eigenvalue weighted by Gasteiger charge is 2.44. The number of aliphatic hydroxyl groups excluding tert-OH is 1. The molecule has 0 bridgehead atoms. The number of alkyl halides is 3. The van der Waals surface area contributed by atoms with E-state index in [2.05, 4.69) is 5.32 Å². The lowest BCUT2D eigenvalue weighted by molar-refractivity contribution is -0.153. The molecule has 5 rings (SSSR count). The number of halogens is 3. The number of rotatable bonds is 13. The molecule has 0 aliphatic carbocycles. The molecule has 5 atom stereocenters. The van der Waals surface area contributed by atoms with Crippen molar-refractivity contribution >= 4 is 16.1 Å². The second-order valence-electron chi connectivity index (χ2n) is 11.8. The molecule has 0 saturated carbocycles. The van der Waals surface area contributed by atoms with Gasteiger partial charge in [0.2, 0.25) is 16.8 Å². The average molecular weight is 675 g/mol. The Morgan fingerprint density at radius 1 is 1.09 bits per heavy atom. The van der Waals surface area contributed by atoms with Gasteiger partial charge >= 0.3 is 12.3 Å². The smallest absolute Gasteiger partial charge is 0.422 e. The fourth-order valence-electron chi connectivity index (χ4n) is 5.49. The van der Waals surface area contributed by atoms with Crippen molar-refractivity contribution in [1.29, 1.82) is 0 Å². The van der Waals surface area contributed by atoms with E-state index >= 15 is 0 Å². The molecule has 46 heavy (non-hydrogen) atoms. The first kappa shape index (κ1) is 34.0. The maximum absolute atomic E-state index is 13.8. The minimum Gasteiger partial charge on any atom is -0.484 e. The van der Waals surface area contributed by atoms with Crippen molar-refractivity contribution in [2.24, 2.45) is 11.8 Å². The van der Waals surface area contributed by atoms with Gasteiger partial charge in [-0.2, -0.15) is 17.5 Å². The third-order valence-electron chi connectivity index (χ3n) is 7.73. The van der Waals surface area contributed by atoms with E-state index < -0.39 is 60.0 Å². The Bertz CT molecular complexity index is 1460. The van der Waals surface area contributed by atoms with Gasteiger partial charge in [0.25, 0.3) is 0 Å². The zero-order valence-electron chi connectivity index (χ0n) is 25.3. The quantitative estimate of drug-likeness (QED) is 0.325. The van der Waals surface area contributed by atoms with Crippen molar-refractivity contribution in [2.75, 3.05) is 39.7 Å². The minimum atomic E-state index is -4.50. The molecule has 3 aliphatic heterocycles. The first-order valence-corrected chi connectivity index (χ1v) is 16.3. The number of hydrogen-bond acceptors (Lipinski definition) is 10. The number of fused-ring (bicyclic) bond motifs is 2. The van der Waals surface area contributed by atoms with Crippen molar-refractivity contribution in [3.05, 3.63) is 48.0 Å². The predicted octanol–water partition coefficient (Wildman–Crippen LogP) is 3.46. The van der Waals surface area contributed by atoms with Crippen molar-refractivity contribution in [3.8, 4) is 17.2 Å². The lowest BCUT2D eigenvalue weighted by Gasteiger charge is -2.31. The van der Waals surface area contributed by atoms with E-state index in [1.54, 1.807) is 0 Å². The van der Waals surface area contributed by atoms with Crippen molar-refractivity contribution < 1.29 is 59.9 Å². The Kier molecular flexibility index (Phi) is 10.5. The molecule has 3 aliphatic rings. The summed E-state index contributed by atoms with van der Waals surface area (Å²) in [6.45, 7) is 2.45. The Labute approximate surface area is 264 Å². The molecular formula is C30H37F3N2O10S. The van der Waals surface area contributed by atoms with Crippen LogP contribution in [0.4, 0.5) is 18.0 Å². The Morgan fingerprint density at radius 2 is 1.83 bits per heavy atom. The summed E-state index contributed by atoms with van der Waals surface area (Å²) in [6.07, 6.45) is -7.16. The third kappa shape index (κ3) is 8.53. The van der Waals surface area contributed by atoms with Crippen LogP contribution >= 0.6 is 0 Å². The summed E-state index contributed by atoms with van der Waals surface area (Å²) in [5, 5.41) is 14.2. The number of benzene rings is 2. The van der Waals surface area contributed by atoms with Gasteiger partial charge in [0, 0.05) is 19.2 Å². The number of carbonyl (C=O) groups is 1. The van der Waals surface area contributed by atoms with Crippen LogP contribution in [0.2, 0.25) is 0 Å². The van der Waals surface area contributed by atoms with E-state index in [9.17, 15) is 31.5 Å². The van der Waals surface area contributed by atoms with Crippen LogP contribution in [0.1, 0.15) is 25.8 Å². The van der Waals surface area contributed by atoms with E-state index in [4.69, 9.17) is 28.4 Å². The number of carbonyl (C=O) groups excluding carboxylic acids is 1. The number of ether oxygens (including phenoxy) is 6. The van der Waals surface area contributed by atoms with E-state index in [1.807, 2.05) is 13.8 Å². The van der Waals surface area contributed by atoms with Gasteiger partial charge in [-0.05, 0) is 48.6 Å². The molecule has 12 nitrogen and oxygen atoms in total. The monoisotopic (exact) mass is 674 g/mol. The van der Waals surface area contributed by atoms with Crippen LogP contribution in [0.3, 0.4) is 0 Å². The number of nitrogens with one attached hydrogen (secondary N) is 1. The Morgan fingerprint density at radius 3 is 2.54 bits per heavy atom. The van der Waals surface area contributed by atoms with Crippen LogP contribution in [0.25, 0.3) is 0 Å². The summed E-state index contributed by atoms with van der Waals surface area (Å²) >= 11 is 0. The number of hydrogen-bond donors (Lipinski definition) is 2. The molecule has 2 N–H and O–H groups in total. The molecule has 0 spiro atoms. The number of nitrogens with zero attached hydrogens (tertiary/aromatic N) is 1. The van der Waals surface area contributed by atoms with Gasteiger partial charge in [-0.3, -0.25) is 0 Å². The zero-order chi connectivity index (χ0) is 33.1. The second-order valence-corrected chi connectivity index (χ2v) is 13.7. The van der Waals surface area contributed by atoms with Gasteiger partial charge in [0.05, 0.1) is 36.2 Å². The molecule has 2 fully saturated rings. The van der Waals surface area contributed by atoms with Crippen LogP contribution in [0.5, 0.6) is 17.2 Å². The van der Waals surface area contributed by atoms with Gasteiger partial charge in [0.1, 0.15) is 11.9 Å². The molecule has 2 saturated heterocycles. The van der Waals surface area contributed by atoms with Gasteiger partial charge in [0.15, 0.2) is 24.4 Å². The number of aliphatic hydroxyl groups is 1. The van der Waals surface area contributed by atoms with Crippen molar-refractivity contribution in [1.82, 2.24) is 9.62 Å². The molecule has 2 aromatic rings. The zero-order valence-corrected chi connectivity index (χ0v) is 26.1. The lowest BCUT2D eigenvalue weighted by atomic mass is 10.0. The highest BCUT2D eigenvalue weighted by molar-refractivity contribution is 7.89. The van der Waals surface area contributed by atoms with Crippen LogP contribution in [0, 0.1) is 11.8 Å². The maximum atomic E-state index is 13.8. The largest absolute Gasteiger partial charge is 0.484 e. The Balaban J connectivity index is 1.33. The minimum absolute atomic E-state index is 0.00820. The van der Waals surface area contributed by atoms with Gasteiger partial charge in [-0.1, -0.05) is 26.0 Å². The lowest BCUT2D eigenvalue weighted by Crippen LogP contribution is -2.51. The summed E-state index contributed by atoms with van der Waals surface area (Å²) in [5.74, 6) is 0.419. The topological polar surface area (TPSA) is 142 Å². The van der Waals surface area contributed by atoms with Crippen LogP contribution in [-0.4, -0.2) is 94.3 Å². The highest BCUT2D eigenvalue weighted by Crippen LogP contribution is 2.35. The number of sulfonamides is 1. The van der Waals surface area contributed by atoms with Crippen LogP contribution in [-0.2, 0) is 30.7 Å². The van der Waals surface area contributed by atoms with Gasteiger partial charge in [-0.25, -0.2) is 13.2 Å². The van der Waals surface area contributed by atoms with E-state index in [-0.39, 0.29) is 54.6 Å². The summed E-state index contributed by atoms with van der Waals surface area (Å²) in [4.78, 5) is 13.0. The van der Waals surface area contributed by atoms with Gasteiger partial charge < -0.3 is 38.8 Å². The van der Waals surface area contributed by atoms with Crippen LogP contribution in [0.15, 0.2) is 47.4 Å². The number of alkyl carbamates (subject to hydrolysis) is 1. The van der Waals surface area contributed by atoms with Crippen LogP contribution < -0.4 is 19.5 Å². The van der Waals surface area contributed by atoms with E-state index in [0.29, 0.717) is 24.3 Å². The first-order valence-electron chi connectivity index (χ1n) is 14.8. The molecule has 0 aromatic heterocycles. The summed E-state index contributed by atoms with van der Waals surface area (Å²) in [6, 6.07) is 8.86. The molecule has 254 valence electrons. The van der Waals surface area contributed by atoms with E-state index in [1.165, 1.54) is 42.5 Å². The summed E-state index contributed by atoms with van der Waals surface area (Å²) < 4.78 is 98.5. The fourth-order valence-corrected chi connectivity index (χ4v) is 7.13. The summed E-state index contributed by atoms with van der Waals surface area (Å²) in [5.41, 5.74) is 0.534. The molecular weight excluding hydrogens is 637 g/mol. The first-order chi connectivity index (χ1) is 21.8. The average Bonchev–Trinajstić information content (AvgIpc) is 3.74. The SMILES string of the molecule is CC(C)CN(CC(O)C(Cc1ccc(OCC(F)(F)F)cc1)NC(=O)OC1COC2OCCC12)S(=O)(=O)c1ccc2c(c1)OCO2. The van der Waals surface area contributed by atoms with E-state index in [0.717, 1.165) is 4.31 Å². The normalized spacial score (nSPS) is 22.1.